The monoisotopic (exact) mass is 545 g/mol. The van der Waals surface area contributed by atoms with E-state index in [9.17, 15) is 14.4 Å². The van der Waals surface area contributed by atoms with Crippen molar-refractivity contribution in [2.24, 2.45) is 5.92 Å². The van der Waals surface area contributed by atoms with E-state index < -0.39 is 44.0 Å². The third-order valence-electron chi connectivity index (χ3n) is 6.43. The molecule has 0 saturated heterocycles. The van der Waals surface area contributed by atoms with Gasteiger partial charge in [0.2, 0.25) is 5.91 Å². The molecule has 0 aromatic heterocycles. The van der Waals surface area contributed by atoms with Crippen LogP contribution in [0.2, 0.25) is 18.1 Å². The molecule has 1 rings (SSSR count). The van der Waals surface area contributed by atoms with E-state index in [1.54, 1.807) is 32.9 Å². The summed E-state index contributed by atoms with van der Waals surface area (Å²) >= 11 is 0. The maximum absolute atomic E-state index is 13.3. The van der Waals surface area contributed by atoms with Crippen molar-refractivity contribution in [3.05, 3.63) is 61.2 Å². The highest BCUT2D eigenvalue weighted by molar-refractivity contribution is 6.74. The lowest BCUT2D eigenvalue weighted by atomic mass is 10.00. The van der Waals surface area contributed by atoms with Crippen LogP contribution < -0.4 is 5.32 Å². The van der Waals surface area contributed by atoms with Gasteiger partial charge in [-0.1, -0.05) is 63.3 Å². The van der Waals surface area contributed by atoms with Crippen molar-refractivity contribution < 1.29 is 28.3 Å². The average molecular weight is 546 g/mol. The van der Waals surface area contributed by atoms with Gasteiger partial charge in [-0.2, -0.15) is 0 Å². The minimum absolute atomic E-state index is 0.0391. The summed E-state index contributed by atoms with van der Waals surface area (Å²) < 4.78 is 17.7. The fraction of sp³-hybridized carbons (Fsp3) is 0.567. The zero-order valence-corrected chi connectivity index (χ0v) is 25.5. The summed E-state index contributed by atoms with van der Waals surface area (Å²) in [6, 6.07) is 9.22. The highest BCUT2D eigenvalue weighted by Gasteiger charge is 2.41. The van der Waals surface area contributed by atoms with Crippen LogP contribution >= 0.6 is 0 Å². The molecular formula is C30H47NO6Si. The van der Waals surface area contributed by atoms with E-state index in [2.05, 4.69) is 52.3 Å². The highest BCUT2D eigenvalue weighted by Crippen LogP contribution is 2.38. The van der Waals surface area contributed by atoms with Crippen LogP contribution in [-0.4, -0.2) is 44.4 Å². The van der Waals surface area contributed by atoms with Gasteiger partial charge in [0.1, 0.15) is 17.8 Å². The van der Waals surface area contributed by atoms with Crippen molar-refractivity contribution >= 4 is 26.2 Å². The maximum Gasteiger partial charge on any atom is 0.335 e. The highest BCUT2D eigenvalue weighted by atomic mass is 28.4. The molecular weight excluding hydrogens is 498 g/mol. The fourth-order valence-corrected chi connectivity index (χ4v) is 4.65. The molecule has 7 nitrogen and oxygen atoms in total. The van der Waals surface area contributed by atoms with E-state index in [0.29, 0.717) is 12.8 Å². The molecule has 0 fully saturated rings. The molecule has 1 N–H and O–H groups in total. The average Bonchev–Trinajstić information content (AvgIpc) is 2.79. The van der Waals surface area contributed by atoms with Gasteiger partial charge in [0.25, 0.3) is 0 Å². The van der Waals surface area contributed by atoms with Crippen molar-refractivity contribution in [1.29, 1.82) is 0 Å². The van der Waals surface area contributed by atoms with Crippen molar-refractivity contribution in [2.75, 3.05) is 6.54 Å². The summed E-state index contributed by atoms with van der Waals surface area (Å²) in [7, 11) is -2.26. The first kappa shape index (κ1) is 33.3. The van der Waals surface area contributed by atoms with Gasteiger partial charge in [-0.05, 0) is 50.9 Å². The molecule has 3 atom stereocenters. The van der Waals surface area contributed by atoms with E-state index in [-0.39, 0.29) is 23.9 Å². The Labute approximate surface area is 230 Å². The van der Waals surface area contributed by atoms with Gasteiger partial charge in [-0.15, -0.1) is 13.2 Å². The molecule has 8 heteroatoms. The molecule has 1 amide bonds. The number of rotatable bonds is 14. The third-order valence-corrected chi connectivity index (χ3v) is 10.9. The molecule has 0 aliphatic carbocycles. The first-order valence-electron chi connectivity index (χ1n) is 13.2. The quantitative estimate of drug-likeness (QED) is 0.168. The molecule has 0 aliphatic heterocycles. The normalized spacial score (nSPS) is 14.5. The Kier molecular flexibility index (Phi) is 12.7. The molecule has 1 aromatic carbocycles. The standard InChI is InChI=1S/C30H47NO6Si/c1-11-16-23(20-26(32)36-29(3,4)5)27(33)31-21-25(22-18-14-13-15-19-22)35-28(34)24(17-12-2)37-38(9,10)30(6,7)8/h11-15,18-19,23-25H,1-2,16-17,20-21H2,3-10H3,(H,31,33)/t23?,24-,25+/m0/s1. The van der Waals surface area contributed by atoms with Gasteiger partial charge in [0.05, 0.1) is 18.9 Å². The summed E-state index contributed by atoms with van der Waals surface area (Å²) in [6.07, 6.45) is 2.26. The number of carbonyl (C=O) groups excluding carboxylic acids is 3. The Bertz CT molecular complexity index is 946. The van der Waals surface area contributed by atoms with Crippen LogP contribution in [0, 0.1) is 5.92 Å². The van der Waals surface area contributed by atoms with Crippen LogP contribution in [0.5, 0.6) is 0 Å². The van der Waals surface area contributed by atoms with Crippen molar-refractivity contribution in [2.45, 2.75) is 96.7 Å². The second-order valence-corrected chi connectivity index (χ2v) is 16.7. The number of hydrogen-bond donors (Lipinski definition) is 1. The van der Waals surface area contributed by atoms with Crippen LogP contribution in [0.3, 0.4) is 0 Å². The van der Waals surface area contributed by atoms with Crippen LogP contribution in [0.15, 0.2) is 55.6 Å². The number of carbonyl (C=O) groups is 3. The summed E-state index contributed by atoms with van der Waals surface area (Å²) in [4.78, 5) is 38.7. The number of esters is 2. The van der Waals surface area contributed by atoms with E-state index in [0.717, 1.165) is 5.56 Å². The first-order chi connectivity index (χ1) is 17.5. The second-order valence-electron chi connectivity index (χ2n) is 12.0. The van der Waals surface area contributed by atoms with Gasteiger partial charge >= 0.3 is 11.9 Å². The molecule has 0 aliphatic rings. The summed E-state index contributed by atoms with van der Waals surface area (Å²) in [5.41, 5.74) is 0.0890. The summed E-state index contributed by atoms with van der Waals surface area (Å²) in [5.74, 6) is -1.95. The van der Waals surface area contributed by atoms with E-state index in [4.69, 9.17) is 13.9 Å². The minimum Gasteiger partial charge on any atom is -0.460 e. The smallest absolute Gasteiger partial charge is 0.335 e. The van der Waals surface area contributed by atoms with Crippen molar-refractivity contribution in [3.8, 4) is 0 Å². The zero-order chi connectivity index (χ0) is 29.1. The summed E-state index contributed by atoms with van der Waals surface area (Å²) in [5, 5.41) is 2.77. The lowest BCUT2D eigenvalue weighted by molar-refractivity contribution is -0.158. The summed E-state index contributed by atoms with van der Waals surface area (Å²) in [6.45, 7) is 23.3. The predicted molar refractivity (Wildman–Crippen MR) is 154 cm³/mol. The molecule has 1 aromatic rings. The maximum atomic E-state index is 13.3. The molecule has 0 spiro atoms. The Hall–Kier alpha value is -2.71. The topological polar surface area (TPSA) is 90.9 Å². The Morgan fingerprint density at radius 1 is 0.974 bits per heavy atom. The van der Waals surface area contributed by atoms with E-state index >= 15 is 0 Å². The second kappa shape index (κ2) is 14.4. The Balaban J connectivity index is 3.05. The van der Waals surface area contributed by atoms with Gasteiger partial charge in [-0.3, -0.25) is 9.59 Å². The number of benzene rings is 1. The van der Waals surface area contributed by atoms with Crippen LogP contribution in [-0.2, 0) is 28.3 Å². The van der Waals surface area contributed by atoms with Gasteiger partial charge in [0, 0.05) is 6.42 Å². The van der Waals surface area contributed by atoms with Crippen molar-refractivity contribution in [1.82, 2.24) is 5.32 Å². The largest absolute Gasteiger partial charge is 0.460 e. The van der Waals surface area contributed by atoms with Crippen LogP contribution in [0.4, 0.5) is 0 Å². The molecule has 0 radical (unpaired) electrons. The minimum atomic E-state index is -2.26. The third kappa shape index (κ3) is 11.4. The number of allylic oxidation sites excluding steroid dienone is 1. The molecule has 38 heavy (non-hydrogen) atoms. The van der Waals surface area contributed by atoms with Crippen molar-refractivity contribution in [3.63, 3.8) is 0 Å². The Morgan fingerprint density at radius 3 is 2.05 bits per heavy atom. The van der Waals surface area contributed by atoms with E-state index in [1.807, 2.05) is 30.3 Å². The fourth-order valence-electron chi connectivity index (χ4n) is 3.39. The SMILES string of the molecule is C=CCC(CC(=O)OC(C)(C)C)C(=O)NC[C@@H](OC(=O)[C@H](CC=C)O[Si](C)(C)C(C)(C)C)c1ccccc1. The predicted octanol–water partition coefficient (Wildman–Crippen LogP) is 6.28. The van der Waals surface area contributed by atoms with Gasteiger partial charge in [-0.25, -0.2) is 4.79 Å². The first-order valence-corrected chi connectivity index (χ1v) is 16.1. The molecule has 1 unspecified atom stereocenters. The van der Waals surface area contributed by atoms with Gasteiger partial charge in [0.15, 0.2) is 8.32 Å². The van der Waals surface area contributed by atoms with Crippen LogP contribution in [0.1, 0.15) is 72.5 Å². The lowest BCUT2D eigenvalue weighted by Crippen LogP contribution is -2.46. The van der Waals surface area contributed by atoms with E-state index in [1.165, 1.54) is 0 Å². The molecule has 0 saturated carbocycles. The molecule has 0 bridgehead atoms. The lowest BCUT2D eigenvalue weighted by Gasteiger charge is -2.38. The molecule has 0 heterocycles. The number of ether oxygens (including phenoxy) is 2. The number of hydrogen-bond acceptors (Lipinski definition) is 6. The van der Waals surface area contributed by atoms with Crippen LogP contribution in [0.25, 0.3) is 0 Å². The Morgan fingerprint density at radius 2 is 1.55 bits per heavy atom. The number of nitrogens with one attached hydrogen (secondary N) is 1. The number of amides is 1. The van der Waals surface area contributed by atoms with Gasteiger partial charge < -0.3 is 19.2 Å². The molecule has 212 valence electrons. The zero-order valence-electron chi connectivity index (χ0n) is 24.5.